The maximum atomic E-state index is 4.20. The number of hydrogen-bond donors (Lipinski definition) is 0. The van der Waals surface area contributed by atoms with Gasteiger partial charge in [-0.15, -0.1) is 0 Å². The highest BCUT2D eigenvalue weighted by Gasteiger charge is 2.09. The Morgan fingerprint density at radius 2 is 1.60 bits per heavy atom. The van der Waals surface area contributed by atoms with E-state index in [1.165, 1.54) is 0 Å². The fraction of sp³-hybridized carbons (Fsp3) is 0. The maximum absolute atomic E-state index is 4.20. The normalized spacial score (nSPS) is 13.9. The minimum atomic E-state index is -0.0649. The summed E-state index contributed by atoms with van der Waals surface area (Å²) in [5, 5.41) is 1.95. The Hall–Kier alpha value is -0.635. The zero-order chi connectivity index (χ0) is 6.97. The minimum Gasteiger partial charge on any atom is -0.301 e. The van der Waals surface area contributed by atoms with E-state index in [-0.39, 0.29) is 5.81 Å². The summed E-state index contributed by atoms with van der Waals surface area (Å²) in [6.07, 6.45) is 0. The van der Waals surface area contributed by atoms with E-state index in [4.69, 9.17) is 0 Å². The van der Waals surface area contributed by atoms with Gasteiger partial charge < -0.3 is 9.81 Å². The summed E-state index contributed by atoms with van der Waals surface area (Å²) < 4.78 is 0. The summed E-state index contributed by atoms with van der Waals surface area (Å²) in [7, 11) is 0. The molecule has 2 nitrogen and oxygen atoms in total. The number of benzene rings is 1. The third kappa shape index (κ3) is 0.885. The van der Waals surface area contributed by atoms with Gasteiger partial charge in [-0.05, 0) is 12.1 Å². The zero-order valence-corrected chi connectivity index (χ0v) is 6.75. The first-order valence-corrected chi connectivity index (χ1v) is 3.92. The van der Waals surface area contributed by atoms with Crippen molar-refractivity contribution in [1.82, 2.24) is 0 Å². The third-order valence-electron chi connectivity index (χ3n) is 1.37. The van der Waals surface area contributed by atoms with Crippen molar-refractivity contribution >= 4 is 21.6 Å². The fourth-order valence-electron chi connectivity index (χ4n) is 0.941. The first-order chi connectivity index (χ1) is 4.86. The number of hydrogen-bond acceptors (Lipinski definition) is 2. The van der Waals surface area contributed by atoms with Gasteiger partial charge in [0.05, 0.1) is 10.7 Å². The lowest BCUT2D eigenvalue weighted by Crippen LogP contribution is -2.19. The number of nitrogens with zero attached hydrogens (tertiary/aromatic N) is 2. The molecule has 0 N–H and O–H groups in total. The second-order valence-corrected chi connectivity index (χ2v) is 2.88. The van der Waals surface area contributed by atoms with Gasteiger partial charge >= 0.3 is 5.81 Å². The van der Waals surface area contributed by atoms with Crippen LogP contribution in [0.25, 0.3) is 0 Å². The van der Waals surface area contributed by atoms with Gasteiger partial charge in [0.2, 0.25) is 0 Å². The first kappa shape index (κ1) is 6.10. The van der Waals surface area contributed by atoms with Crippen molar-refractivity contribution in [2.45, 2.75) is 0 Å². The van der Waals surface area contributed by atoms with E-state index in [2.05, 4.69) is 25.6 Å². The molecule has 0 unspecified atom stereocenters. The van der Waals surface area contributed by atoms with Crippen LogP contribution in [0.15, 0.2) is 34.1 Å². The molecule has 0 aromatic heterocycles. The number of fused-ring (bicyclic) bond motifs is 1. The largest absolute Gasteiger partial charge is 0.493 e. The van der Waals surface area contributed by atoms with E-state index in [9.17, 15) is 0 Å². The van der Waals surface area contributed by atoms with Crippen molar-refractivity contribution < 1.29 is 0 Å². The van der Waals surface area contributed by atoms with Crippen LogP contribution in [-0.4, -0.2) is 5.81 Å². The van der Waals surface area contributed by atoms with Crippen LogP contribution < -0.4 is 10.7 Å². The van der Waals surface area contributed by atoms with Crippen molar-refractivity contribution in [2.24, 2.45) is 9.81 Å². The Kier molecular flexibility index (Phi) is 1.34. The van der Waals surface area contributed by atoms with Crippen LogP contribution in [0.1, 0.15) is 0 Å². The molecule has 0 amide bonds. The quantitative estimate of drug-likeness (QED) is 0.532. The van der Waals surface area contributed by atoms with Gasteiger partial charge in [0, 0.05) is 0 Å². The van der Waals surface area contributed by atoms with Crippen LogP contribution in [0.5, 0.6) is 0 Å². The van der Waals surface area contributed by atoms with E-state index < -0.39 is 0 Å². The second-order valence-electron chi connectivity index (χ2n) is 2.06. The van der Waals surface area contributed by atoms with Gasteiger partial charge in [-0.3, -0.25) is 0 Å². The molecule has 2 rings (SSSR count). The number of halogens is 1. The molecule has 1 aromatic rings. The van der Waals surface area contributed by atoms with Crippen LogP contribution >= 0.6 is 15.8 Å². The molecule has 4 heteroatoms. The SMILES string of the molecule is BrB1N=c2ccccc2=N1. The summed E-state index contributed by atoms with van der Waals surface area (Å²) in [5.41, 5.74) is 0. The van der Waals surface area contributed by atoms with Crippen molar-refractivity contribution in [3.05, 3.63) is 35.0 Å². The van der Waals surface area contributed by atoms with E-state index >= 15 is 0 Å². The van der Waals surface area contributed by atoms with Crippen molar-refractivity contribution in [1.29, 1.82) is 0 Å². The van der Waals surface area contributed by atoms with E-state index in [0.29, 0.717) is 0 Å². The molecule has 0 saturated heterocycles. The summed E-state index contributed by atoms with van der Waals surface area (Å²) >= 11 is 3.29. The third-order valence-corrected chi connectivity index (χ3v) is 1.78. The van der Waals surface area contributed by atoms with E-state index in [1.54, 1.807) is 0 Å². The molecule has 10 heavy (non-hydrogen) atoms. The topological polar surface area (TPSA) is 24.7 Å². The second kappa shape index (κ2) is 2.20. The lowest BCUT2D eigenvalue weighted by Gasteiger charge is -1.77. The van der Waals surface area contributed by atoms with Gasteiger partial charge in [-0.1, -0.05) is 27.9 Å². The van der Waals surface area contributed by atoms with Crippen molar-refractivity contribution in [2.75, 3.05) is 0 Å². The molecule has 1 aromatic carbocycles. The molecule has 0 radical (unpaired) electrons. The van der Waals surface area contributed by atoms with Crippen LogP contribution in [-0.2, 0) is 0 Å². The average Bonchev–Trinajstić information content (AvgIpc) is 2.27. The zero-order valence-electron chi connectivity index (χ0n) is 5.16. The first-order valence-electron chi connectivity index (χ1n) is 3.01. The Morgan fingerprint density at radius 3 is 2.10 bits per heavy atom. The Labute approximate surface area is 66.8 Å². The molecule has 0 aliphatic carbocycles. The smallest absolute Gasteiger partial charge is 0.301 e. The van der Waals surface area contributed by atoms with Gasteiger partial charge in [-0.25, -0.2) is 0 Å². The molecule has 1 heterocycles. The Morgan fingerprint density at radius 1 is 1.10 bits per heavy atom. The lowest BCUT2D eigenvalue weighted by atomic mass is 10.2. The molecule has 48 valence electrons. The highest BCUT2D eigenvalue weighted by atomic mass is 79.9. The van der Waals surface area contributed by atoms with Crippen LogP contribution in [0.4, 0.5) is 0 Å². The van der Waals surface area contributed by atoms with Gasteiger partial charge in [0.1, 0.15) is 0 Å². The molecular weight excluding hydrogens is 191 g/mol. The molecular formula is C6H4BBrN2. The highest BCUT2D eigenvalue weighted by Crippen LogP contribution is 1.96. The Bertz CT molecular complexity index is 327. The minimum absolute atomic E-state index is 0.0649. The predicted octanol–water partition coefficient (Wildman–Crippen LogP) is 0.319. The summed E-state index contributed by atoms with van der Waals surface area (Å²) in [5.74, 6) is -0.0649. The predicted molar refractivity (Wildman–Crippen MR) is 43.4 cm³/mol. The molecule has 0 fully saturated rings. The Balaban J connectivity index is 2.83. The summed E-state index contributed by atoms with van der Waals surface area (Å²) in [6.45, 7) is 0. The molecule has 1 aliphatic rings. The highest BCUT2D eigenvalue weighted by molar-refractivity contribution is 9.24. The summed E-state index contributed by atoms with van der Waals surface area (Å²) in [6, 6.07) is 7.84. The van der Waals surface area contributed by atoms with Crippen molar-refractivity contribution in [3.8, 4) is 0 Å². The van der Waals surface area contributed by atoms with E-state index in [0.717, 1.165) is 10.7 Å². The molecule has 1 aliphatic heterocycles. The van der Waals surface area contributed by atoms with Crippen LogP contribution in [0.3, 0.4) is 0 Å². The van der Waals surface area contributed by atoms with Gasteiger partial charge in [0.25, 0.3) is 0 Å². The summed E-state index contributed by atoms with van der Waals surface area (Å²) in [4.78, 5) is 8.40. The molecule has 0 bridgehead atoms. The van der Waals surface area contributed by atoms with Crippen LogP contribution in [0, 0.1) is 0 Å². The van der Waals surface area contributed by atoms with Gasteiger partial charge in [-0.2, -0.15) is 0 Å². The van der Waals surface area contributed by atoms with Crippen LogP contribution in [0.2, 0.25) is 0 Å². The number of rotatable bonds is 0. The molecule has 0 atom stereocenters. The molecule has 0 spiro atoms. The van der Waals surface area contributed by atoms with E-state index in [1.807, 2.05) is 24.3 Å². The average molecular weight is 195 g/mol. The standard InChI is InChI=1S/C6H4BBrN2/c8-7-9-5-3-1-2-4-6(5)10-7/h1-4H. The van der Waals surface area contributed by atoms with Crippen molar-refractivity contribution in [3.63, 3.8) is 0 Å². The lowest BCUT2D eigenvalue weighted by molar-refractivity contribution is 1.37. The van der Waals surface area contributed by atoms with Gasteiger partial charge in [0.15, 0.2) is 0 Å². The monoisotopic (exact) mass is 194 g/mol. The fourth-order valence-corrected chi connectivity index (χ4v) is 1.38. The molecule has 0 saturated carbocycles. The maximum Gasteiger partial charge on any atom is 0.493 e.